The second kappa shape index (κ2) is 15.1. The Labute approximate surface area is 264 Å². The molecule has 2 heterocycles. The average Bonchev–Trinajstić information content (AvgIpc) is 3.01. The quantitative estimate of drug-likeness (QED) is 0.198. The lowest BCUT2D eigenvalue weighted by molar-refractivity contribution is -0.143. The number of rotatable bonds is 11. The lowest BCUT2D eigenvalue weighted by atomic mass is 9.96. The number of carbonyl (C=O) groups is 3. The zero-order valence-electron chi connectivity index (χ0n) is 23.3. The zero-order chi connectivity index (χ0) is 31.7. The summed E-state index contributed by atoms with van der Waals surface area (Å²) in [6, 6.07) is 15.6. The molecule has 232 valence electrons. The van der Waals surface area contributed by atoms with Crippen LogP contribution in [0.3, 0.4) is 0 Å². The van der Waals surface area contributed by atoms with Crippen LogP contribution in [0, 0.1) is 9.49 Å². The van der Waals surface area contributed by atoms with Crippen molar-refractivity contribution in [3.63, 3.8) is 0 Å². The summed E-state index contributed by atoms with van der Waals surface area (Å²) in [7, 11) is 0. The molecular formula is C30H29F3IN5O5. The SMILES string of the molecule is O=C(N[C@H](COCc1ccccc1)C(=O)O)/C(=C\c1ccc(I)cc1)NC(=O)C1CCN(c2nccc(C(F)(F)F)n2)CC1. The molecule has 14 heteroatoms. The first-order chi connectivity index (χ1) is 21.0. The molecule has 0 aliphatic carbocycles. The Hall–Kier alpha value is -4.05. The van der Waals surface area contributed by atoms with Gasteiger partial charge in [0.05, 0.1) is 13.2 Å². The molecule has 44 heavy (non-hydrogen) atoms. The Bertz CT molecular complexity index is 1480. The predicted molar refractivity (Wildman–Crippen MR) is 163 cm³/mol. The van der Waals surface area contributed by atoms with Gasteiger partial charge in [-0.05, 0) is 70.8 Å². The third-order valence-corrected chi connectivity index (χ3v) is 7.48. The molecule has 4 rings (SSSR count). The fourth-order valence-corrected chi connectivity index (χ4v) is 4.76. The number of nitrogens with one attached hydrogen (secondary N) is 2. The van der Waals surface area contributed by atoms with Crippen molar-refractivity contribution in [3.05, 3.63) is 92.9 Å². The smallest absolute Gasteiger partial charge is 0.433 e. The van der Waals surface area contributed by atoms with Gasteiger partial charge in [0.25, 0.3) is 5.91 Å². The van der Waals surface area contributed by atoms with Crippen molar-refractivity contribution in [1.82, 2.24) is 20.6 Å². The number of carboxylic acids is 1. The topological polar surface area (TPSA) is 134 Å². The van der Waals surface area contributed by atoms with E-state index in [1.165, 1.54) is 6.08 Å². The Morgan fingerprint density at radius 3 is 2.39 bits per heavy atom. The number of hydrogen-bond donors (Lipinski definition) is 3. The summed E-state index contributed by atoms with van der Waals surface area (Å²) in [5, 5.41) is 14.8. The van der Waals surface area contributed by atoms with Crippen molar-refractivity contribution < 1.29 is 37.4 Å². The van der Waals surface area contributed by atoms with Crippen LogP contribution in [-0.4, -0.2) is 58.6 Å². The molecule has 3 N–H and O–H groups in total. The predicted octanol–water partition coefficient (Wildman–Crippen LogP) is 4.26. The fraction of sp³-hybridized carbons (Fsp3) is 0.300. The number of aliphatic carboxylic acids is 1. The lowest BCUT2D eigenvalue weighted by Crippen LogP contribution is -2.48. The maximum Gasteiger partial charge on any atom is 0.433 e. The molecule has 0 bridgehead atoms. The van der Waals surface area contributed by atoms with E-state index >= 15 is 0 Å². The highest BCUT2D eigenvalue weighted by Crippen LogP contribution is 2.29. The first-order valence-electron chi connectivity index (χ1n) is 13.6. The number of nitrogens with zero attached hydrogens (tertiary/aromatic N) is 3. The van der Waals surface area contributed by atoms with Crippen LogP contribution in [0.2, 0.25) is 0 Å². The fourth-order valence-electron chi connectivity index (χ4n) is 4.40. The van der Waals surface area contributed by atoms with E-state index in [0.717, 1.165) is 21.4 Å². The van der Waals surface area contributed by atoms with Gasteiger partial charge in [0.15, 0.2) is 6.04 Å². The molecule has 10 nitrogen and oxygen atoms in total. The van der Waals surface area contributed by atoms with E-state index < -0.39 is 41.6 Å². The maximum atomic E-state index is 13.3. The highest BCUT2D eigenvalue weighted by molar-refractivity contribution is 14.1. The molecule has 0 unspecified atom stereocenters. The molecule has 1 atom stereocenters. The van der Waals surface area contributed by atoms with E-state index in [9.17, 15) is 32.7 Å². The van der Waals surface area contributed by atoms with Crippen LogP contribution < -0.4 is 15.5 Å². The van der Waals surface area contributed by atoms with Crippen molar-refractivity contribution in [1.29, 1.82) is 0 Å². The normalized spacial score (nSPS) is 15.0. The van der Waals surface area contributed by atoms with Crippen molar-refractivity contribution in [3.8, 4) is 0 Å². The number of carbonyl (C=O) groups excluding carboxylic acids is 2. The van der Waals surface area contributed by atoms with Crippen LogP contribution in [0.25, 0.3) is 6.08 Å². The maximum absolute atomic E-state index is 13.3. The summed E-state index contributed by atoms with van der Waals surface area (Å²) >= 11 is 2.13. The van der Waals surface area contributed by atoms with Crippen molar-refractivity contribution in [2.75, 3.05) is 24.6 Å². The van der Waals surface area contributed by atoms with Gasteiger partial charge in [-0.25, -0.2) is 14.8 Å². The van der Waals surface area contributed by atoms with Crippen LogP contribution in [0.1, 0.15) is 29.7 Å². The average molecular weight is 723 g/mol. The Morgan fingerprint density at radius 1 is 1.07 bits per heavy atom. The number of ether oxygens (including phenoxy) is 1. The summed E-state index contributed by atoms with van der Waals surface area (Å²) < 4.78 is 45.7. The summed E-state index contributed by atoms with van der Waals surface area (Å²) in [5.74, 6) is -3.24. The van der Waals surface area contributed by atoms with Crippen LogP contribution in [0.4, 0.5) is 19.1 Å². The molecule has 1 aromatic heterocycles. The number of piperidine rings is 1. The first kappa shape index (κ1) is 32.9. The summed E-state index contributed by atoms with van der Waals surface area (Å²) in [6.07, 6.45) is -1.58. The molecule has 2 amide bonds. The van der Waals surface area contributed by atoms with Gasteiger partial charge in [-0.3, -0.25) is 9.59 Å². The molecular weight excluding hydrogens is 694 g/mol. The molecule has 1 aliphatic rings. The number of aromatic nitrogens is 2. The molecule has 1 saturated heterocycles. The van der Waals surface area contributed by atoms with Gasteiger partial charge in [-0.1, -0.05) is 42.5 Å². The van der Waals surface area contributed by atoms with E-state index in [-0.39, 0.29) is 50.8 Å². The minimum atomic E-state index is -4.61. The van der Waals surface area contributed by atoms with Gasteiger partial charge in [-0.2, -0.15) is 13.2 Å². The van der Waals surface area contributed by atoms with Gasteiger partial charge < -0.3 is 25.4 Å². The van der Waals surface area contributed by atoms with Gasteiger partial charge >= 0.3 is 12.1 Å². The minimum Gasteiger partial charge on any atom is -0.480 e. The van der Waals surface area contributed by atoms with Gasteiger partial charge in [0.1, 0.15) is 11.4 Å². The molecule has 3 aromatic rings. The number of alkyl halides is 3. The molecule has 1 fully saturated rings. The van der Waals surface area contributed by atoms with Crippen LogP contribution in [0.5, 0.6) is 0 Å². The highest BCUT2D eigenvalue weighted by atomic mass is 127. The Balaban J connectivity index is 1.42. The van der Waals surface area contributed by atoms with Crippen LogP contribution in [0.15, 0.2) is 72.6 Å². The van der Waals surface area contributed by atoms with Gasteiger partial charge in [-0.15, -0.1) is 0 Å². The van der Waals surface area contributed by atoms with Crippen LogP contribution >= 0.6 is 22.6 Å². The second-order valence-electron chi connectivity index (χ2n) is 9.96. The van der Waals surface area contributed by atoms with E-state index in [0.29, 0.717) is 5.56 Å². The van der Waals surface area contributed by atoms with Crippen molar-refractivity contribution in [2.45, 2.75) is 31.7 Å². The summed E-state index contributed by atoms with van der Waals surface area (Å²) in [5.41, 5.74) is 0.220. The number of halogens is 4. The monoisotopic (exact) mass is 723 g/mol. The van der Waals surface area contributed by atoms with E-state index in [1.807, 2.05) is 42.5 Å². The van der Waals surface area contributed by atoms with Crippen molar-refractivity contribution in [2.24, 2.45) is 5.92 Å². The Kier molecular flexibility index (Phi) is 11.3. The molecule has 2 aromatic carbocycles. The number of hydrogen-bond acceptors (Lipinski definition) is 7. The summed E-state index contributed by atoms with van der Waals surface area (Å²) in [4.78, 5) is 47.6. The summed E-state index contributed by atoms with van der Waals surface area (Å²) in [6.45, 7) is 0.285. The number of amides is 2. The molecule has 1 aliphatic heterocycles. The molecule has 0 spiro atoms. The largest absolute Gasteiger partial charge is 0.480 e. The molecule has 0 saturated carbocycles. The number of carboxylic acid groups (broad SMARTS) is 1. The van der Waals surface area contributed by atoms with Gasteiger partial charge in [0, 0.05) is 28.8 Å². The third-order valence-electron chi connectivity index (χ3n) is 6.76. The lowest BCUT2D eigenvalue weighted by Gasteiger charge is -2.31. The third kappa shape index (κ3) is 9.47. The van der Waals surface area contributed by atoms with E-state index in [2.05, 4.69) is 43.2 Å². The van der Waals surface area contributed by atoms with Crippen molar-refractivity contribution >= 4 is 52.4 Å². The van der Waals surface area contributed by atoms with Gasteiger partial charge in [0.2, 0.25) is 11.9 Å². The molecule has 0 radical (unpaired) electrons. The van der Waals surface area contributed by atoms with E-state index in [4.69, 9.17) is 4.74 Å². The number of benzene rings is 2. The highest BCUT2D eigenvalue weighted by Gasteiger charge is 2.34. The minimum absolute atomic E-state index is 0.0773. The zero-order valence-corrected chi connectivity index (χ0v) is 25.4. The number of anilines is 1. The second-order valence-corrected chi connectivity index (χ2v) is 11.2. The van der Waals surface area contributed by atoms with E-state index in [1.54, 1.807) is 17.0 Å². The standard InChI is InChI=1S/C30H29F3IN5O5/c31-30(32,33)25-10-13-35-29(38-25)39-14-11-21(12-15-39)26(40)36-23(16-19-6-8-22(34)9-7-19)27(41)37-24(28(42)43)18-44-17-20-4-2-1-3-5-20/h1-10,13,16,21,24H,11-12,14-15,17-18H2,(H,36,40)(H,37,41)(H,42,43)/b23-16+/t24-/m1/s1. The van der Waals surface area contributed by atoms with Crippen LogP contribution in [-0.2, 0) is 31.9 Å². The Morgan fingerprint density at radius 2 is 1.75 bits per heavy atom. The first-order valence-corrected chi connectivity index (χ1v) is 14.7.